The summed E-state index contributed by atoms with van der Waals surface area (Å²) in [5, 5.41) is 14.1. The summed E-state index contributed by atoms with van der Waals surface area (Å²) in [5.74, 6) is 0.912. The van der Waals surface area contributed by atoms with E-state index in [2.05, 4.69) is 10.3 Å². The van der Waals surface area contributed by atoms with Crippen LogP contribution in [0.5, 0.6) is 5.75 Å². The van der Waals surface area contributed by atoms with Crippen molar-refractivity contribution in [2.75, 3.05) is 7.11 Å². The Morgan fingerprint density at radius 2 is 1.96 bits per heavy atom. The summed E-state index contributed by atoms with van der Waals surface area (Å²) in [6, 6.07) is 11.2. The maximum Gasteiger partial charge on any atom is 0.273 e. The van der Waals surface area contributed by atoms with Gasteiger partial charge in [0.25, 0.3) is 11.6 Å². The zero-order valence-electron chi connectivity index (χ0n) is 15.7. The lowest BCUT2D eigenvalue weighted by Gasteiger charge is -2.19. The highest BCUT2D eigenvalue weighted by molar-refractivity contribution is 5.95. The maximum atomic E-state index is 12.8. The third-order valence-corrected chi connectivity index (χ3v) is 4.51. The number of carbonyl (C=O) groups is 1. The topological polar surface area (TPSA) is 99.3 Å². The van der Waals surface area contributed by atoms with Crippen LogP contribution in [0.2, 0.25) is 0 Å². The van der Waals surface area contributed by atoms with E-state index in [9.17, 15) is 14.9 Å². The Morgan fingerprint density at radius 3 is 2.54 bits per heavy atom. The Balaban J connectivity index is 1.95. The molecule has 8 heteroatoms. The minimum absolute atomic E-state index is 0.0920. The third kappa shape index (κ3) is 3.85. The summed E-state index contributed by atoms with van der Waals surface area (Å²) in [6.45, 7) is 1.63. The van der Waals surface area contributed by atoms with Crippen LogP contribution in [0.15, 0.2) is 54.9 Å². The Labute approximate surface area is 161 Å². The second-order valence-corrected chi connectivity index (χ2v) is 6.33. The molecule has 3 aromatic rings. The van der Waals surface area contributed by atoms with Crippen LogP contribution in [0.25, 0.3) is 0 Å². The third-order valence-electron chi connectivity index (χ3n) is 4.51. The second kappa shape index (κ2) is 7.91. The molecule has 0 aliphatic carbocycles. The Kier molecular flexibility index (Phi) is 5.39. The Morgan fingerprint density at radius 1 is 1.25 bits per heavy atom. The summed E-state index contributed by atoms with van der Waals surface area (Å²) < 4.78 is 7.00. The van der Waals surface area contributed by atoms with Crippen molar-refractivity contribution in [1.82, 2.24) is 14.9 Å². The highest BCUT2D eigenvalue weighted by atomic mass is 16.6. The maximum absolute atomic E-state index is 12.8. The van der Waals surface area contributed by atoms with Crippen molar-refractivity contribution in [1.29, 1.82) is 0 Å². The summed E-state index contributed by atoms with van der Waals surface area (Å²) in [4.78, 5) is 27.9. The zero-order valence-corrected chi connectivity index (χ0v) is 15.7. The molecule has 0 spiro atoms. The Bertz CT molecular complexity index is 1010. The molecule has 0 aliphatic rings. The fourth-order valence-electron chi connectivity index (χ4n) is 2.91. The monoisotopic (exact) mass is 380 g/mol. The molecule has 1 aromatic heterocycles. The van der Waals surface area contributed by atoms with E-state index in [0.717, 1.165) is 5.56 Å². The number of rotatable bonds is 6. The number of benzene rings is 2. The number of ether oxygens (including phenoxy) is 1. The van der Waals surface area contributed by atoms with E-state index in [0.29, 0.717) is 17.1 Å². The van der Waals surface area contributed by atoms with Gasteiger partial charge in [-0.05, 0) is 30.7 Å². The normalized spacial score (nSPS) is 11.7. The van der Waals surface area contributed by atoms with Gasteiger partial charge in [0.2, 0.25) is 0 Å². The van der Waals surface area contributed by atoms with Crippen LogP contribution in [-0.2, 0) is 7.05 Å². The molecule has 1 amide bonds. The van der Waals surface area contributed by atoms with E-state index in [1.165, 1.54) is 6.07 Å². The van der Waals surface area contributed by atoms with Crippen LogP contribution in [0.3, 0.4) is 0 Å². The molecule has 1 unspecified atom stereocenters. The fourth-order valence-corrected chi connectivity index (χ4v) is 2.91. The van der Waals surface area contributed by atoms with E-state index in [1.807, 2.05) is 23.7 Å². The largest absolute Gasteiger partial charge is 0.497 e. The van der Waals surface area contributed by atoms with Gasteiger partial charge >= 0.3 is 0 Å². The molecule has 1 atom stereocenters. The minimum atomic E-state index is -0.529. The number of hydrogen-bond acceptors (Lipinski definition) is 5. The summed E-state index contributed by atoms with van der Waals surface area (Å²) in [6.07, 6.45) is 3.43. The van der Waals surface area contributed by atoms with Gasteiger partial charge < -0.3 is 14.6 Å². The molecule has 0 bridgehead atoms. The number of nitro benzene ring substituents is 1. The molecule has 144 valence electrons. The molecule has 2 aromatic carbocycles. The van der Waals surface area contributed by atoms with Crippen molar-refractivity contribution < 1.29 is 14.5 Å². The predicted molar refractivity (Wildman–Crippen MR) is 103 cm³/mol. The van der Waals surface area contributed by atoms with E-state index < -0.39 is 16.9 Å². The number of nitrogens with one attached hydrogen (secondary N) is 1. The summed E-state index contributed by atoms with van der Waals surface area (Å²) in [7, 11) is 3.42. The highest BCUT2D eigenvalue weighted by Crippen LogP contribution is 2.25. The fraction of sp³-hybridized carbons (Fsp3) is 0.200. The van der Waals surface area contributed by atoms with Crippen LogP contribution in [-0.4, -0.2) is 27.5 Å². The van der Waals surface area contributed by atoms with Crippen LogP contribution < -0.4 is 10.1 Å². The number of carbonyl (C=O) groups excluding carboxylic acids is 1. The van der Waals surface area contributed by atoms with E-state index in [-0.39, 0.29) is 11.3 Å². The molecule has 0 saturated heterocycles. The van der Waals surface area contributed by atoms with Crippen molar-refractivity contribution in [2.24, 2.45) is 7.05 Å². The van der Waals surface area contributed by atoms with E-state index in [1.54, 1.807) is 50.7 Å². The van der Waals surface area contributed by atoms with Gasteiger partial charge in [-0.15, -0.1) is 0 Å². The standard InChI is InChI=1S/C20H20N4O4/c1-13-4-5-15(12-17(13)24(26)27)20(25)22-18(19-21-10-11-23(19)2)14-6-8-16(28-3)9-7-14/h4-12,18H,1-3H3,(H,22,25). The lowest BCUT2D eigenvalue weighted by atomic mass is 10.0. The molecule has 0 fully saturated rings. The van der Waals surface area contributed by atoms with Gasteiger partial charge in [-0.3, -0.25) is 14.9 Å². The molecule has 1 N–H and O–H groups in total. The molecular weight excluding hydrogens is 360 g/mol. The average Bonchev–Trinajstić information content (AvgIpc) is 3.11. The van der Waals surface area contributed by atoms with Crippen LogP contribution in [0.1, 0.15) is 33.4 Å². The van der Waals surface area contributed by atoms with Crippen molar-refractivity contribution >= 4 is 11.6 Å². The average molecular weight is 380 g/mol. The number of methoxy groups -OCH3 is 1. The Hall–Kier alpha value is -3.68. The molecule has 8 nitrogen and oxygen atoms in total. The number of aryl methyl sites for hydroxylation is 2. The van der Waals surface area contributed by atoms with Crippen molar-refractivity contribution in [3.05, 3.63) is 87.5 Å². The van der Waals surface area contributed by atoms with Gasteiger partial charge in [0.05, 0.1) is 12.0 Å². The molecule has 0 aliphatic heterocycles. The number of nitrogens with zero attached hydrogens (tertiary/aromatic N) is 3. The minimum Gasteiger partial charge on any atom is -0.497 e. The van der Waals surface area contributed by atoms with Crippen LogP contribution in [0, 0.1) is 17.0 Å². The SMILES string of the molecule is COc1ccc(C(NC(=O)c2ccc(C)c([N+](=O)[O-])c2)c2nccn2C)cc1. The molecule has 0 radical (unpaired) electrons. The van der Waals surface area contributed by atoms with Gasteiger partial charge in [0.1, 0.15) is 17.6 Å². The van der Waals surface area contributed by atoms with Crippen molar-refractivity contribution in [2.45, 2.75) is 13.0 Å². The van der Waals surface area contributed by atoms with Crippen molar-refractivity contribution in [3.8, 4) is 5.75 Å². The number of nitro groups is 1. The van der Waals surface area contributed by atoms with Gasteiger partial charge in [-0.25, -0.2) is 4.98 Å². The number of hydrogen-bond donors (Lipinski definition) is 1. The van der Waals surface area contributed by atoms with Crippen LogP contribution >= 0.6 is 0 Å². The quantitative estimate of drug-likeness (QED) is 0.523. The van der Waals surface area contributed by atoms with Gasteiger partial charge in [0.15, 0.2) is 0 Å². The first-order valence-corrected chi connectivity index (χ1v) is 8.57. The molecule has 0 saturated carbocycles. The number of aromatic nitrogens is 2. The first-order valence-electron chi connectivity index (χ1n) is 8.57. The second-order valence-electron chi connectivity index (χ2n) is 6.33. The summed E-state index contributed by atoms with van der Waals surface area (Å²) in [5.41, 5.74) is 1.43. The number of amides is 1. The lowest BCUT2D eigenvalue weighted by molar-refractivity contribution is -0.385. The first kappa shape index (κ1) is 19.1. The molecule has 28 heavy (non-hydrogen) atoms. The van der Waals surface area contributed by atoms with Crippen molar-refractivity contribution in [3.63, 3.8) is 0 Å². The molecule has 1 heterocycles. The van der Waals surface area contributed by atoms with E-state index in [4.69, 9.17) is 4.74 Å². The molecular formula is C20H20N4O4. The van der Waals surface area contributed by atoms with Gasteiger partial charge in [-0.1, -0.05) is 18.2 Å². The summed E-state index contributed by atoms with van der Waals surface area (Å²) >= 11 is 0. The van der Waals surface area contributed by atoms with Crippen LogP contribution in [0.4, 0.5) is 5.69 Å². The number of imidazole rings is 1. The first-order chi connectivity index (χ1) is 13.4. The van der Waals surface area contributed by atoms with Gasteiger partial charge in [0, 0.05) is 36.6 Å². The highest BCUT2D eigenvalue weighted by Gasteiger charge is 2.23. The lowest BCUT2D eigenvalue weighted by Crippen LogP contribution is -2.31. The van der Waals surface area contributed by atoms with E-state index >= 15 is 0 Å². The zero-order chi connectivity index (χ0) is 20.3. The smallest absolute Gasteiger partial charge is 0.273 e. The molecule has 3 rings (SSSR count). The predicted octanol–water partition coefficient (Wildman–Crippen LogP) is 3.16. The van der Waals surface area contributed by atoms with Gasteiger partial charge in [-0.2, -0.15) is 0 Å².